The van der Waals surface area contributed by atoms with Crippen molar-refractivity contribution in [2.75, 3.05) is 21.1 Å². The number of carbonyl (C=O) groups excluding carboxylic acids is 1. The number of benzene rings is 1. The molecular formula is C20H30N2O. The van der Waals surface area contributed by atoms with Crippen LogP contribution in [-0.2, 0) is 11.2 Å². The summed E-state index contributed by atoms with van der Waals surface area (Å²) >= 11 is 0. The van der Waals surface area contributed by atoms with Crippen molar-refractivity contribution >= 4 is 5.91 Å². The molecule has 1 amide bonds. The molecule has 2 aliphatic carbocycles. The second kappa shape index (κ2) is 6.64. The van der Waals surface area contributed by atoms with Gasteiger partial charge in [-0.25, -0.2) is 0 Å². The predicted molar refractivity (Wildman–Crippen MR) is 94.4 cm³/mol. The molecule has 0 radical (unpaired) electrons. The second-order valence-corrected chi connectivity index (χ2v) is 7.90. The lowest BCUT2D eigenvalue weighted by molar-refractivity contribution is -0.131. The zero-order chi connectivity index (χ0) is 16.6. The van der Waals surface area contributed by atoms with E-state index in [1.54, 1.807) is 0 Å². The van der Waals surface area contributed by atoms with Crippen LogP contribution in [0.4, 0.5) is 0 Å². The van der Waals surface area contributed by atoms with Gasteiger partial charge in [0, 0.05) is 19.1 Å². The fraction of sp³-hybridized carbons (Fsp3) is 0.650. The van der Waals surface area contributed by atoms with Crippen molar-refractivity contribution in [1.82, 2.24) is 9.80 Å². The molecule has 2 aliphatic rings. The highest BCUT2D eigenvalue weighted by molar-refractivity contribution is 5.78. The lowest BCUT2D eigenvalue weighted by Crippen LogP contribution is -2.37. The first-order chi connectivity index (χ1) is 10.9. The molecule has 126 valence electrons. The van der Waals surface area contributed by atoms with Crippen molar-refractivity contribution < 1.29 is 4.79 Å². The highest BCUT2D eigenvalue weighted by Crippen LogP contribution is 2.46. The number of hydrogen-bond acceptors (Lipinski definition) is 2. The Labute approximate surface area is 140 Å². The molecule has 3 heteroatoms. The van der Waals surface area contributed by atoms with Gasteiger partial charge in [-0.3, -0.25) is 4.79 Å². The molecule has 3 nitrogen and oxygen atoms in total. The maximum atomic E-state index is 12.6. The molecule has 0 saturated heterocycles. The summed E-state index contributed by atoms with van der Waals surface area (Å²) in [6, 6.07) is 9.50. The van der Waals surface area contributed by atoms with Gasteiger partial charge in [0.05, 0.1) is 6.42 Å². The largest absolute Gasteiger partial charge is 0.342 e. The molecule has 2 saturated carbocycles. The van der Waals surface area contributed by atoms with Gasteiger partial charge >= 0.3 is 0 Å². The normalized spacial score (nSPS) is 29.8. The number of fused-ring (bicyclic) bond motifs is 1. The first-order valence-corrected chi connectivity index (χ1v) is 8.91. The molecule has 3 rings (SSSR count). The summed E-state index contributed by atoms with van der Waals surface area (Å²) in [4.78, 5) is 17.0. The number of amides is 1. The SMILES string of the molecule is Cc1cccc(CC(=O)N(C)C2C[C@H]3CC(N(C)C)C[C@H]3C2)c1. The van der Waals surface area contributed by atoms with E-state index in [0.717, 1.165) is 23.4 Å². The third kappa shape index (κ3) is 3.60. The van der Waals surface area contributed by atoms with Crippen LogP contribution in [0.15, 0.2) is 24.3 Å². The molecule has 0 spiro atoms. The van der Waals surface area contributed by atoms with Crippen LogP contribution in [0.5, 0.6) is 0 Å². The summed E-state index contributed by atoms with van der Waals surface area (Å²) in [6.07, 6.45) is 5.56. The Bertz CT molecular complexity index is 555. The molecular weight excluding hydrogens is 284 g/mol. The molecule has 0 aliphatic heterocycles. The van der Waals surface area contributed by atoms with Crippen molar-refractivity contribution in [3.05, 3.63) is 35.4 Å². The summed E-state index contributed by atoms with van der Waals surface area (Å²) in [5.41, 5.74) is 2.36. The highest BCUT2D eigenvalue weighted by atomic mass is 16.2. The van der Waals surface area contributed by atoms with E-state index in [1.165, 1.54) is 31.2 Å². The minimum absolute atomic E-state index is 0.268. The van der Waals surface area contributed by atoms with Crippen LogP contribution in [0, 0.1) is 18.8 Å². The maximum Gasteiger partial charge on any atom is 0.226 e. The molecule has 1 aromatic carbocycles. The standard InChI is InChI=1S/C20H30N2O/c1-14-6-5-7-15(8-14)9-20(23)22(4)19-12-16-10-18(21(2)3)11-17(16)13-19/h5-8,16-19H,9-13H2,1-4H3/t16-,17+,18?,19?. The van der Waals surface area contributed by atoms with Crippen LogP contribution < -0.4 is 0 Å². The van der Waals surface area contributed by atoms with Crippen molar-refractivity contribution in [1.29, 1.82) is 0 Å². The highest BCUT2D eigenvalue weighted by Gasteiger charge is 2.43. The monoisotopic (exact) mass is 314 g/mol. The number of aryl methyl sites for hydroxylation is 1. The second-order valence-electron chi connectivity index (χ2n) is 7.90. The Hall–Kier alpha value is -1.35. The van der Waals surface area contributed by atoms with Crippen LogP contribution in [0.1, 0.15) is 36.8 Å². The topological polar surface area (TPSA) is 23.6 Å². The fourth-order valence-electron chi connectivity index (χ4n) is 4.62. The zero-order valence-electron chi connectivity index (χ0n) is 15.0. The van der Waals surface area contributed by atoms with Crippen LogP contribution in [-0.4, -0.2) is 48.9 Å². The Morgan fingerprint density at radius 3 is 2.22 bits per heavy atom. The summed E-state index contributed by atoms with van der Waals surface area (Å²) in [6.45, 7) is 2.08. The molecule has 23 heavy (non-hydrogen) atoms. The molecule has 2 unspecified atom stereocenters. The number of nitrogens with zero attached hydrogens (tertiary/aromatic N) is 2. The number of likely N-dealkylation sites (N-methyl/N-ethyl adjacent to an activating group) is 1. The average molecular weight is 314 g/mol. The Kier molecular flexibility index (Phi) is 4.77. The van der Waals surface area contributed by atoms with Crippen molar-refractivity contribution in [2.45, 2.75) is 51.1 Å². The van der Waals surface area contributed by atoms with Gasteiger partial charge in [0.25, 0.3) is 0 Å². The Morgan fingerprint density at radius 2 is 1.65 bits per heavy atom. The van der Waals surface area contributed by atoms with Gasteiger partial charge < -0.3 is 9.80 Å². The third-order valence-corrected chi connectivity index (χ3v) is 6.08. The van der Waals surface area contributed by atoms with E-state index in [9.17, 15) is 4.79 Å². The zero-order valence-corrected chi connectivity index (χ0v) is 15.0. The lowest BCUT2D eigenvalue weighted by atomic mass is 10.0. The van der Waals surface area contributed by atoms with Crippen molar-refractivity contribution in [3.63, 3.8) is 0 Å². The van der Waals surface area contributed by atoms with Crippen LogP contribution >= 0.6 is 0 Å². The van der Waals surface area contributed by atoms with E-state index in [1.807, 2.05) is 18.0 Å². The summed E-state index contributed by atoms with van der Waals surface area (Å²) in [5.74, 6) is 1.91. The van der Waals surface area contributed by atoms with Gasteiger partial charge in [0.15, 0.2) is 0 Å². The van der Waals surface area contributed by atoms with Gasteiger partial charge in [0.1, 0.15) is 0 Å². The minimum Gasteiger partial charge on any atom is -0.342 e. The maximum absolute atomic E-state index is 12.6. The number of rotatable bonds is 4. The summed E-state index contributed by atoms with van der Waals surface area (Å²) < 4.78 is 0. The van der Waals surface area contributed by atoms with Crippen molar-refractivity contribution in [3.8, 4) is 0 Å². The summed E-state index contributed by atoms with van der Waals surface area (Å²) in [7, 11) is 6.40. The summed E-state index contributed by atoms with van der Waals surface area (Å²) in [5, 5.41) is 0. The molecule has 0 heterocycles. The van der Waals surface area contributed by atoms with Crippen LogP contribution in [0.3, 0.4) is 0 Å². The average Bonchev–Trinajstić information content (AvgIpc) is 3.04. The van der Waals surface area contributed by atoms with E-state index < -0.39 is 0 Å². The number of hydrogen-bond donors (Lipinski definition) is 0. The first-order valence-electron chi connectivity index (χ1n) is 8.91. The fourth-order valence-corrected chi connectivity index (χ4v) is 4.62. The van der Waals surface area contributed by atoms with E-state index in [2.05, 4.69) is 44.1 Å². The lowest BCUT2D eigenvalue weighted by Gasteiger charge is -2.27. The smallest absolute Gasteiger partial charge is 0.226 e. The van der Waals surface area contributed by atoms with Crippen LogP contribution in [0.2, 0.25) is 0 Å². The molecule has 0 aromatic heterocycles. The first kappa shape index (κ1) is 16.5. The molecule has 2 fully saturated rings. The number of carbonyl (C=O) groups is 1. The Balaban J connectivity index is 1.56. The predicted octanol–water partition coefficient (Wildman–Crippen LogP) is 3.11. The van der Waals surface area contributed by atoms with Crippen molar-refractivity contribution in [2.24, 2.45) is 11.8 Å². The van der Waals surface area contributed by atoms with E-state index >= 15 is 0 Å². The molecule has 4 atom stereocenters. The van der Waals surface area contributed by atoms with E-state index in [4.69, 9.17) is 0 Å². The third-order valence-electron chi connectivity index (χ3n) is 6.08. The van der Waals surface area contributed by atoms with E-state index in [-0.39, 0.29) is 5.91 Å². The van der Waals surface area contributed by atoms with Gasteiger partial charge in [-0.1, -0.05) is 29.8 Å². The molecule has 0 bridgehead atoms. The van der Waals surface area contributed by atoms with E-state index in [0.29, 0.717) is 12.5 Å². The molecule has 0 N–H and O–H groups in total. The minimum atomic E-state index is 0.268. The van der Waals surface area contributed by atoms with Gasteiger partial charge in [-0.2, -0.15) is 0 Å². The Morgan fingerprint density at radius 1 is 1.04 bits per heavy atom. The van der Waals surface area contributed by atoms with Gasteiger partial charge in [0.2, 0.25) is 5.91 Å². The van der Waals surface area contributed by atoms with Crippen LogP contribution in [0.25, 0.3) is 0 Å². The quantitative estimate of drug-likeness (QED) is 0.852. The van der Waals surface area contributed by atoms with Gasteiger partial charge in [-0.05, 0) is 64.1 Å². The van der Waals surface area contributed by atoms with Gasteiger partial charge in [-0.15, -0.1) is 0 Å². The molecule has 1 aromatic rings.